The van der Waals surface area contributed by atoms with Crippen LogP contribution in [-0.2, 0) is 9.53 Å². The van der Waals surface area contributed by atoms with Crippen LogP contribution in [-0.4, -0.2) is 25.2 Å². The lowest BCUT2D eigenvalue weighted by atomic mass is 10.2. The first-order valence-corrected chi connectivity index (χ1v) is 4.72. The zero-order chi connectivity index (χ0) is 8.97. The molecule has 1 N–H and O–H groups in total. The lowest BCUT2D eigenvalue weighted by Gasteiger charge is -2.09. The van der Waals surface area contributed by atoms with Gasteiger partial charge in [-0.2, -0.15) is 0 Å². The van der Waals surface area contributed by atoms with Crippen molar-refractivity contribution in [2.24, 2.45) is 0 Å². The van der Waals surface area contributed by atoms with E-state index < -0.39 is 0 Å². The van der Waals surface area contributed by atoms with Gasteiger partial charge in [0, 0.05) is 17.6 Å². The summed E-state index contributed by atoms with van der Waals surface area (Å²) >= 11 is 3.16. The summed E-state index contributed by atoms with van der Waals surface area (Å²) in [4.78, 5) is 11.3. The van der Waals surface area contributed by atoms with Gasteiger partial charge in [-0.15, -0.1) is 0 Å². The minimum Gasteiger partial charge on any atom is -0.368 e. The third kappa shape index (κ3) is 2.95. The highest BCUT2D eigenvalue weighted by atomic mass is 79.9. The Morgan fingerprint density at radius 3 is 3.00 bits per heavy atom. The van der Waals surface area contributed by atoms with E-state index in [0.29, 0.717) is 13.2 Å². The SMILES string of the molecule is C=C(Br)CNC(=O)C1CCCO1. The second-order valence-corrected chi connectivity index (χ2v) is 3.86. The molecule has 1 unspecified atom stereocenters. The molecule has 1 atom stereocenters. The van der Waals surface area contributed by atoms with Gasteiger partial charge in [0.05, 0.1) is 0 Å². The molecule has 0 aromatic rings. The average Bonchev–Trinajstić information content (AvgIpc) is 2.51. The van der Waals surface area contributed by atoms with Crippen molar-refractivity contribution >= 4 is 21.8 Å². The van der Waals surface area contributed by atoms with Gasteiger partial charge >= 0.3 is 0 Å². The fraction of sp³-hybridized carbons (Fsp3) is 0.625. The summed E-state index contributed by atoms with van der Waals surface area (Å²) in [6, 6.07) is 0. The number of carbonyl (C=O) groups is 1. The molecule has 1 heterocycles. The topological polar surface area (TPSA) is 38.3 Å². The van der Waals surface area contributed by atoms with Gasteiger partial charge in [0.2, 0.25) is 5.91 Å². The molecule has 0 aromatic heterocycles. The molecule has 1 fully saturated rings. The van der Waals surface area contributed by atoms with E-state index in [9.17, 15) is 4.79 Å². The predicted octanol–water partition coefficient (Wildman–Crippen LogP) is 1.19. The van der Waals surface area contributed by atoms with Crippen LogP contribution in [0.3, 0.4) is 0 Å². The van der Waals surface area contributed by atoms with Gasteiger partial charge in [-0.05, 0) is 12.8 Å². The van der Waals surface area contributed by atoms with E-state index in [1.165, 1.54) is 0 Å². The van der Waals surface area contributed by atoms with Gasteiger partial charge in [0.15, 0.2) is 0 Å². The molecule has 1 aliphatic rings. The average molecular weight is 234 g/mol. The van der Waals surface area contributed by atoms with Crippen LogP contribution in [0.1, 0.15) is 12.8 Å². The van der Waals surface area contributed by atoms with E-state index in [2.05, 4.69) is 27.8 Å². The first-order valence-electron chi connectivity index (χ1n) is 3.93. The standard InChI is InChI=1S/C8H12BrNO2/c1-6(9)5-10-8(11)7-3-2-4-12-7/h7H,1-5H2,(H,10,11). The number of rotatable bonds is 3. The highest BCUT2D eigenvalue weighted by Gasteiger charge is 2.22. The van der Waals surface area contributed by atoms with Crippen molar-refractivity contribution in [3.63, 3.8) is 0 Å². The summed E-state index contributed by atoms with van der Waals surface area (Å²) < 4.78 is 5.96. The van der Waals surface area contributed by atoms with Crippen molar-refractivity contribution in [2.45, 2.75) is 18.9 Å². The normalized spacial score (nSPS) is 22.2. The lowest BCUT2D eigenvalue weighted by molar-refractivity contribution is -0.129. The van der Waals surface area contributed by atoms with E-state index >= 15 is 0 Å². The highest BCUT2D eigenvalue weighted by Crippen LogP contribution is 2.11. The van der Waals surface area contributed by atoms with Crippen LogP contribution in [0.5, 0.6) is 0 Å². The van der Waals surface area contributed by atoms with Crippen LogP contribution in [0, 0.1) is 0 Å². The summed E-state index contributed by atoms with van der Waals surface area (Å²) in [5, 5.41) is 2.71. The molecule has 1 aliphatic heterocycles. The van der Waals surface area contributed by atoms with Crippen molar-refractivity contribution in [3.8, 4) is 0 Å². The molecule has 1 saturated heterocycles. The minimum absolute atomic E-state index is 0.0342. The molecule has 1 amide bonds. The maximum Gasteiger partial charge on any atom is 0.249 e. The Balaban J connectivity index is 2.23. The van der Waals surface area contributed by atoms with E-state index in [1.807, 2.05) is 0 Å². The van der Waals surface area contributed by atoms with Crippen molar-refractivity contribution in [2.75, 3.05) is 13.2 Å². The van der Waals surface area contributed by atoms with Crippen LogP contribution in [0.4, 0.5) is 0 Å². The molecular weight excluding hydrogens is 222 g/mol. The molecule has 1 rings (SSSR count). The Morgan fingerprint density at radius 1 is 1.75 bits per heavy atom. The van der Waals surface area contributed by atoms with Crippen LogP contribution in [0.15, 0.2) is 11.1 Å². The van der Waals surface area contributed by atoms with Crippen LogP contribution in [0.25, 0.3) is 0 Å². The second-order valence-electron chi connectivity index (χ2n) is 2.74. The van der Waals surface area contributed by atoms with Gasteiger partial charge in [-0.1, -0.05) is 22.5 Å². The van der Waals surface area contributed by atoms with Gasteiger partial charge < -0.3 is 10.1 Å². The van der Waals surface area contributed by atoms with E-state index in [-0.39, 0.29) is 12.0 Å². The largest absolute Gasteiger partial charge is 0.368 e. The molecule has 12 heavy (non-hydrogen) atoms. The number of hydrogen-bond donors (Lipinski definition) is 1. The van der Waals surface area contributed by atoms with Crippen LogP contribution >= 0.6 is 15.9 Å². The Labute approximate surface area is 80.3 Å². The van der Waals surface area contributed by atoms with Gasteiger partial charge in [-0.25, -0.2) is 0 Å². The van der Waals surface area contributed by atoms with Gasteiger partial charge in [-0.3, -0.25) is 4.79 Å². The van der Waals surface area contributed by atoms with Gasteiger partial charge in [0.1, 0.15) is 6.10 Å². The van der Waals surface area contributed by atoms with Crippen molar-refractivity contribution < 1.29 is 9.53 Å². The number of nitrogens with one attached hydrogen (secondary N) is 1. The molecule has 0 spiro atoms. The first-order chi connectivity index (χ1) is 5.70. The summed E-state index contributed by atoms with van der Waals surface area (Å²) in [5.41, 5.74) is 0. The second kappa shape index (κ2) is 4.62. The summed E-state index contributed by atoms with van der Waals surface area (Å²) in [5.74, 6) is -0.0342. The lowest BCUT2D eigenvalue weighted by Crippen LogP contribution is -2.34. The van der Waals surface area contributed by atoms with E-state index in [0.717, 1.165) is 17.3 Å². The van der Waals surface area contributed by atoms with E-state index in [4.69, 9.17) is 4.74 Å². The number of amides is 1. The fourth-order valence-corrected chi connectivity index (χ4v) is 1.22. The predicted molar refractivity (Wildman–Crippen MR) is 50.1 cm³/mol. The zero-order valence-corrected chi connectivity index (χ0v) is 8.39. The molecule has 3 nitrogen and oxygen atoms in total. The molecule has 4 heteroatoms. The molecule has 0 saturated carbocycles. The van der Waals surface area contributed by atoms with Crippen LogP contribution < -0.4 is 5.32 Å². The molecular formula is C8H12BrNO2. The molecule has 68 valence electrons. The molecule has 0 aromatic carbocycles. The zero-order valence-electron chi connectivity index (χ0n) is 6.81. The Kier molecular flexibility index (Phi) is 3.75. The Bertz CT molecular complexity index is 187. The maximum absolute atomic E-state index is 11.3. The third-order valence-electron chi connectivity index (χ3n) is 1.68. The van der Waals surface area contributed by atoms with E-state index in [1.54, 1.807) is 0 Å². The number of carbonyl (C=O) groups excluding carboxylic acids is 1. The number of hydrogen-bond acceptors (Lipinski definition) is 2. The van der Waals surface area contributed by atoms with Crippen molar-refractivity contribution in [1.29, 1.82) is 0 Å². The monoisotopic (exact) mass is 233 g/mol. The molecule has 0 bridgehead atoms. The molecule has 0 radical (unpaired) electrons. The molecule has 0 aliphatic carbocycles. The number of halogens is 1. The number of ether oxygens (including phenoxy) is 1. The van der Waals surface area contributed by atoms with Crippen molar-refractivity contribution in [3.05, 3.63) is 11.1 Å². The minimum atomic E-state index is -0.239. The first kappa shape index (κ1) is 9.74. The van der Waals surface area contributed by atoms with Crippen molar-refractivity contribution in [1.82, 2.24) is 5.32 Å². The summed E-state index contributed by atoms with van der Waals surface area (Å²) in [6.45, 7) is 4.79. The quantitative estimate of drug-likeness (QED) is 0.796. The highest BCUT2D eigenvalue weighted by molar-refractivity contribution is 9.11. The maximum atomic E-state index is 11.3. The fourth-order valence-electron chi connectivity index (χ4n) is 1.08. The summed E-state index contributed by atoms with van der Waals surface area (Å²) in [6.07, 6.45) is 1.57. The summed E-state index contributed by atoms with van der Waals surface area (Å²) in [7, 11) is 0. The Hall–Kier alpha value is -0.350. The third-order valence-corrected chi connectivity index (χ3v) is 1.96. The van der Waals surface area contributed by atoms with Gasteiger partial charge in [0.25, 0.3) is 0 Å². The van der Waals surface area contributed by atoms with Crippen LogP contribution in [0.2, 0.25) is 0 Å². The Morgan fingerprint density at radius 2 is 2.50 bits per heavy atom. The smallest absolute Gasteiger partial charge is 0.249 e.